The average Bonchev–Trinajstić information content (AvgIpc) is 2.25. The van der Waals surface area contributed by atoms with Gasteiger partial charge in [-0.3, -0.25) is 14.3 Å². The summed E-state index contributed by atoms with van der Waals surface area (Å²) in [4.78, 5) is 23.8. The lowest BCUT2D eigenvalue weighted by Gasteiger charge is -2.45. The van der Waals surface area contributed by atoms with Gasteiger partial charge in [0.1, 0.15) is 6.10 Å². The van der Waals surface area contributed by atoms with E-state index in [1.165, 1.54) is 0 Å². The van der Waals surface area contributed by atoms with Crippen molar-refractivity contribution in [2.45, 2.75) is 24.9 Å². The van der Waals surface area contributed by atoms with Crippen molar-refractivity contribution < 1.29 is 19.7 Å². The maximum atomic E-state index is 12.9. The number of rotatable bonds is 2. The van der Waals surface area contributed by atoms with Crippen LogP contribution in [0.4, 0.5) is 4.39 Å². The Labute approximate surface area is 93.8 Å². The molecule has 1 saturated carbocycles. The lowest BCUT2D eigenvalue weighted by atomic mass is 9.75. The first-order chi connectivity index (χ1) is 7.82. The first kappa shape index (κ1) is 12.0. The Morgan fingerprint density at radius 3 is 2.71 bits per heavy atom. The van der Waals surface area contributed by atoms with E-state index in [4.69, 9.17) is 5.11 Å². The standard InChI is InChI=1S/C9H11FN2O5/c10-5-3-12(8(15)11-7(5)14)2-4-1-6(13)9(4,16)17/h3-4,6,13,16-17H,1-2H2,(H,11,14,15)/t4-,6-/m0/s1. The highest BCUT2D eigenvalue weighted by Crippen LogP contribution is 2.37. The lowest BCUT2D eigenvalue weighted by Crippen LogP contribution is -2.61. The molecule has 0 amide bonds. The zero-order valence-electron chi connectivity index (χ0n) is 8.63. The van der Waals surface area contributed by atoms with Gasteiger partial charge in [-0.15, -0.1) is 0 Å². The predicted molar refractivity (Wildman–Crippen MR) is 52.6 cm³/mol. The molecule has 1 aromatic rings. The van der Waals surface area contributed by atoms with Crippen LogP contribution in [0.1, 0.15) is 6.42 Å². The van der Waals surface area contributed by atoms with E-state index in [1.54, 1.807) is 4.98 Å². The molecular formula is C9H11FN2O5. The molecule has 0 radical (unpaired) electrons. The molecule has 2 rings (SSSR count). The van der Waals surface area contributed by atoms with Crippen LogP contribution in [0, 0.1) is 11.7 Å². The van der Waals surface area contributed by atoms with E-state index >= 15 is 0 Å². The Morgan fingerprint density at radius 2 is 2.18 bits per heavy atom. The molecule has 1 heterocycles. The number of aliphatic hydroxyl groups excluding tert-OH is 1. The number of hydrogen-bond donors (Lipinski definition) is 4. The molecule has 94 valence electrons. The first-order valence-electron chi connectivity index (χ1n) is 4.94. The third kappa shape index (κ3) is 1.90. The topological polar surface area (TPSA) is 116 Å². The number of nitrogens with zero attached hydrogens (tertiary/aromatic N) is 1. The predicted octanol–water partition coefficient (Wildman–Crippen LogP) is -2.26. The molecule has 0 spiro atoms. The number of aromatic amines is 1. The molecule has 17 heavy (non-hydrogen) atoms. The summed E-state index contributed by atoms with van der Waals surface area (Å²) in [5.41, 5.74) is -1.97. The Morgan fingerprint density at radius 1 is 1.53 bits per heavy atom. The van der Waals surface area contributed by atoms with Crippen molar-refractivity contribution in [2.75, 3.05) is 0 Å². The van der Waals surface area contributed by atoms with Crippen molar-refractivity contribution in [1.29, 1.82) is 0 Å². The summed E-state index contributed by atoms with van der Waals surface area (Å²) in [6.07, 6.45) is -0.502. The first-order valence-corrected chi connectivity index (χ1v) is 4.94. The van der Waals surface area contributed by atoms with Gasteiger partial charge in [0, 0.05) is 12.5 Å². The zero-order chi connectivity index (χ0) is 12.8. The number of aliphatic hydroxyl groups is 3. The molecular weight excluding hydrogens is 235 g/mol. The molecule has 0 aliphatic heterocycles. The molecule has 4 N–H and O–H groups in total. The van der Waals surface area contributed by atoms with Crippen LogP contribution in [0.3, 0.4) is 0 Å². The quantitative estimate of drug-likeness (QED) is 0.439. The van der Waals surface area contributed by atoms with Crippen molar-refractivity contribution in [2.24, 2.45) is 5.92 Å². The molecule has 0 bridgehead atoms. The van der Waals surface area contributed by atoms with E-state index < -0.39 is 34.9 Å². The molecule has 0 saturated heterocycles. The zero-order valence-corrected chi connectivity index (χ0v) is 8.63. The number of H-pyrrole nitrogens is 1. The van der Waals surface area contributed by atoms with Gasteiger partial charge >= 0.3 is 5.69 Å². The summed E-state index contributed by atoms with van der Waals surface area (Å²) < 4.78 is 13.8. The molecule has 2 atom stereocenters. The van der Waals surface area contributed by atoms with Gasteiger partial charge < -0.3 is 15.3 Å². The highest BCUT2D eigenvalue weighted by Gasteiger charge is 2.52. The lowest BCUT2D eigenvalue weighted by molar-refractivity contribution is -0.318. The second-order valence-electron chi connectivity index (χ2n) is 4.12. The second kappa shape index (κ2) is 3.76. The number of nitrogens with one attached hydrogen (secondary N) is 1. The van der Waals surface area contributed by atoms with Crippen molar-refractivity contribution in [3.05, 3.63) is 32.9 Å². The molecule has 1 aliphatic rings. The fourth-order valence-electron chi connectivity index (χ4n) is 1.79. The Hall–Kier alpha value is -1.51. The third-order valence-corrected chi connectivity index (χ3v) is 2.98. The van der Waals surface area contributed by atoms with Crippen LogP contribution >= 0.6 is 0 Å². The van der Waals surface area contributed by atoms with Gasteiger partial charge in [-0.1, -0.05) is 0 Å². The fraction of sp³-hybridized carbons (Fsp3) is 0.556. The minimum Gasteiger partial charge on any atom is -0.387 e. The minimum absolute atomic E-state index is 0.0835. The van der Waals surface area contributed by atoms with Crippen molar-refractivity contribution in [3.8, 4) is 0 Å². The maximum Gasteiger partial charge on any atom is 0.328 e. The van der Waals surface area contributed by atoms with E-state index in [2.05, 4.69) is 0 Å². The second-order valence-corrected chi connectivity index (χ2v) is 4.12. The van der Waals surface area contributed by atoms with Crippen LogP contribution in [-0.4, -0.2) is 36.8 Å². The van der Waals surface area contributed by atoms with E-state index in [1.807, 2.05) is 0 Å². The van der Waals surface area contributed by atoms with Gasteiger partial charge in [-0.25, -0.2) is 4.79 Å². The van der Waals surface area contributed by atoms with Gasteiger partial charge in [-0.2, -0.15) is 4.39 Å². The van der Waals surface area contributed by atoms with Crippen LogP contribution in [0.15, 0.2) is 15.8 Å². The van der Waals surface area contributed by atoms with E-state index in [0.29, 0.717) is 6.20 Å². The summed E-state index contributed by atoms with van der Waals surface area (Å²) in [5, 5.41) is 27.8. The third-order valence-electron chi connectivity index (χ3n) is 2.98. The molecule has 1 fully saturated rings. The summed E-state index contributed by atoms with van der Waals surface area (Å²) in [6.45, 7) is -0.198. The van der Waals surface area contributed by atoms with Crippen LogP contribution in [-0.2, 0) is 6.54 Å². The van der Waals surface area contributed by atoms with Crippen LogP contribution in [0.25, 0.3) is 0 Å². The normalized spacial score (nSPS) is 26.6. The maximum absolute atomic E-state index is 12.9. The van der Waals surface area contributed by atoms with Gasteiger partial charge in [0.05, 0.1) is 6.20 Å². The molecule has 8 heteroatoms. The summed E-state index contributed by atoms with van der Waals surface area (Å²) in [7, 11) is 0. The van der Waals surface area contributed by atoms with Gasteiger partial charge in [0.15, 0.2) is 5.79 Å². The van der Waals surface area contributed by atoms with Crippen molar-refractivity contribution in [1.82, 2.24) is 9.55 Å². The molecule has 0 aromatic carbocycles. The van der Waals surface area contributed by atoms with Crippen LogP contribution < -0.4 is 11.2 Å². The highest BCUT2D eigenvalue weighted by molar-refractivity contribution is 4.97. The highest BCUT2D eigenvalue weighted by atomic mass is 19.1. The molecule has 7 nitrogen and oxygen atoms in total. The van der Waals surface area contributed by atoms with Crippen molar-refractivity contribution in [3.63, 3.8) is 0 Å². The van der Waals surface area contributed by atoms with Crippen LogP contribution in [0.2, 0.25) is 0 Å². The Balaban J connectivity index is 2.24. The van der Waals surface area contributed by atoms with E-state index in [9.17, 15) is 24.2 Å². The Bertz CT molecular complexity index is 549. The minimum atomic E-state index is -2.29. The summed E-state index contributed by atoms with van der Waals surface area (Å²) in [6, 6.07) is 0. The Kier molecular flexibility index (Phi) is 2.64. The van der Waals surface area contributed by atoms with E-state index in [0.717, 1.165) is 4.57 Å². The van der Waals surface area contributed by atoms with Gasteiger partial charge in [-0.05, 0) is 6.42 Å². The summed E-state index contributed by atoms with van der Waals surface area (Å²) in [5.74, 6) is -4.21. The molecule has 1 aliphatic carbocycles. The monoisotopic (exact) mass is 246 g/mol. The van der Waals surface area contributed by atoms with Gasteiger partial charge in [0.2, 0.25) is 5.82 Å². The van der Waals surface area contributed by atoms with E-state index in [-0.39, 0.29) is 13.0 Å². The number of halogens is 1. The van der Waals surface area contributed by atoms with Gasteiger partial charge in [0.25, 0.3) is 5.56 Å². The van der Waals surface area contributed by atoms with Crippen molar-refractivity contribution >= 4 is 0 Å². The molecule has 0 unspecified atom stereocenters. The SMILES string of the molecule is O=c1[nH]c(=O)n(C[C@@H]2C[C@H](O)C2(O)O)cc1F. The molecule has 1 aromatic heterocycles. The average molecular weight is 246 g/mol. The number of hydrogen-bond acceptors (Lipinski definition) is 5. The summed E-state index contributed by atoms with van der Waals surface area (Å²) >= 11 is 0. The smallest absolute Gasteiger partial charge is 0.328 e. The largest absolute Gasteiger partial charge is 0.387 e. The fourth-order valence-corrected chi connectivity index (χ4v) is 1.79. The van der Waals surface area contributed by atoms with Crippen LogP contribution in [0.5, 0.6) is 0 Å². The number of aromatic nitrogens is 2.